The van der Waals surface area contributed by atoms with Crippen molar-refractivity contribution in [3.8, 4) is 6.07 Å². The maximum Gasteiger partial charge on any atom is 0.333 e. The fraction of sp³-hybridized carbons (Fsp3) is 0.556. The summed E-state index contributed by atoms with van der Waals surface area (Å²) in [5, 5.41) is 8.13. The Bertz CT molecular complexity index is 217. The molecule has 72 valence electrons. The minimum absolute atomic E-state index is 0.513. The fourth-order valence-corrected chi connectivity index (χ4v) is 0.735. The van der Waals surface area contributed by atoms with Crippen LogP contribution in [0, 0.1) is 11.3 Å². The van der Waals surface area contributed by atoms with Crippen LogP contribution in [0.2, 0.25) is 0 Å². The molecule has 4 nitrogen and oxygen atoms in total. The third-order valence-electron chi connectivity index (χ3n) is 1.33. The number of esters is 1. The van der Waals surface area contributed by atoms with Gasteiger partial charge in [0, 0.05) is 25.7 Å². The largest absolute Gasteiger partial charge is 0.433 e. The van der Waals surface area contributed by atoms with E-state index in [0.29, 0.717) is 6.42 Å². The standard InChI is InChI=1S/C9H13NO3/c1-3-5-9(12-2)13-8(11)6-4-7-10/h4,6,9H,3,5H2,1-2H3. The Morgan fingerprint density at radius 1 is 1.69 bits per heavy atom. The van der Waals surface area contributed by atoms with Crippen LogP contribution in [0.15, 0.2) is 12.2 Å². The van der Waals surface area contributed by atoms with Gasteiger partial charge in [0.15, 0.2) is 0 Å². The van der Waals surface area contributed by atoms with E-state index in [2.05, 4.69) is 0 Å². The lowest BCUT2D eigenvalue weighted by atomic mass is 10.3. The Balaban J connectivity index is 3.87. The number of allylic oxidation sites excluding steroid dienone is 1. The summed E-state index contributed by atoms with van der Waals surface area (Å²) in [6, 6.07) is 1.70. The van der Waals surface area contributed by atoms with E-state index < -0.39 is 12.3 Å². The Morgan fingerprint density at radius 2 is 2.38 bits per heavy atom. The molecule has 0 aromatic carbocycles. The molecule has 0 aliphatic rings. The lowest BCUT2D eigenvalue weighted by Crippen LogP contribution is -2.18. The second-order valence-corrected chi connectivity index (χ2v) is 2.35. The minimum atomic E-state index is -0.554. The molecule has 0 heterocycles. The van der Waals surface area contributed by atoms with Gasteiger partial charge in [-0.1, -0.05) is 13.3 Å². The van der Waals surface area contributed by atoms with Gasteiger partial charge in [-0.05, 0) is 0 Å². The number of rotatable bonds is 5. The molecular weight excluding hydrogens is 170 g/mol. The first-order chi connectivity index (χ1) is 6.24. The predicted octanol–water partition coefficient (Wildman–Crippen LogP) is 1.38. The van der Waals surface area contributed by atoms with Crippen LogP contribution >= 0.6 is 0 Å². The molecule has 0 aromatic rings. The van der Waals surface area contributed by atoms with E-state index in [1.165, 1.54) is 7.11 Å². The number of methoxy groups -OCH3 is 1. The Labute approximate surface area is 77.8 Å². The number of hydrogen-bond donors (Lipinski definition) is 0. The van der Waals surface area contributed by atoms with Crippen molar-refractivity contribution in [3.05, 3.63) is 12.2 Å². The highest BCUT2D eigenvalue weighted by molar-refractivity contribution is 5.82. The van der Waals surface area contributed by atoms with Crippen molar-refractivity contribution in [1.82, 2.24) is 0 Å². The minimum Gasteiger partial charge on any atom is -0.433 e. The quantitative estimate of drug-likeness (QED) is 0.279. The molecular formula is C9H13NO3. The summed E-state index contributed by atoms with van der Waals surface area (Å²) in [4.78, 5) is 10.9. The molecule has 1 unspecified atom stereocenters. The van der Waals surface area contributed by atoms with Gasteiger partial charge >= 0.3 is 5.97 Å². The maximum absolute atomic E-state index is 10.9. The van der Waals surface area contributed by atoms with Crippen LogP contribution < -0.4 is 0 Å². The van der Waals surface area contributed by atoms with Gasteiger partial charge in [0.1, 0.15) is 0 Å². The molecule has 13 heavy (non-hydrogen) atoms. The van der Waals surface area contributed by atoms with Crippen LogP contribution in [0.4, 0.5) is 0 Å². The van der Waals surface area contributed by atoms with Crippen molar-refractivity contribution in [2.45, 2.75) is 26.1 Å². The van der Waals surface area contributed by atoms with Gasteiger partial charge in [0.2, 0.25) is 6.29 Å². The van der Waals surface area contributed by atoms with Gasteiger partial charge in [-0.3, -0.25) is 0 Å². The van der Waals surface area contributed by atoms with E-state index in [4.69, 9.17) is 14.7 Å². The molecule has 0 spiro atoms. The monoisotopic (exact) mass is 183 g/mol. The van der Waals surface area contributed by atoms with Crippen LogP contribution in [0.1, 0.15) is 19.8 Å². The highest BCUT2D eigenvalue weighted by atomic mass is 16.7. The van der Waals surface area contributed by atoms with Crippen molar-refractivity contribution in [3.63, 3.8) is 0 Å². The average molecular weight is 183 g/mol. The average Bonchev–Trinajstić information content (AvgIpc) is 2.14. The zero-order valence-electron chi connectivity index (χ0n) is 7.82. The predicted molar refractivity (Wildman–Crippen MR) is 46.6 cm³/mol. The third-order valence-corrected chi connectivity index (χ3v) is 1.33. The van der Waals surface area contributed by atoms with Gasteiger partial charge in [-0.2, -0.15) is 5.26 Å². The molecule has 0 saturated carbocycles. The summed E-state index contributed by atoms with van der Waals surface area (Å²) in [6.07, 6.45) is 3.15. The summed E-state index contributed by atoms with van der Waals surface area (Å²) in [7, 11) is 1.47. The lowest BCUT2D eigenvalue weighted by molar-refractivity contribution is -0.168. The van der Waals surface area contributed by atoms with Crippen molar-refractivity contribution in [2.24, 2.45) is 0 Å². The number of ether oxygens (including phenoxy) is 2. The molecule has 0 aromatic heterocycles. The second kappa shape index (κ2) is 7.32. The maximum atomic E-state index is 10.9. The molecule has 0 rings (SSSR count). The smallest absolute Gasteiger partial charge is 0.333 e. The van der Waals surface area contributed by atoms with Crippen molar-refractivity contribution in [2.75, 3.05) is 7.11 Å². The molecule has 4 heteroatoms. The summed E-state index contributed by atoms with van der Waals surface area (Å²) in [6.45, 7) is 1.96. The first-order valence-electron chi connectivity index (χ1n) is 4.04. The molecule has 1 atom stereocenters. The zero-order chi connectivity index (χ0) is 10.1. The molecule has 0 bridgehead atoms. The Morgan fingerprint density at radius 3 is 2.85 bits per heavy atom. The molecule has 0 saturated heterocycles. The van der Waals surface area contributed by atoms with E-state index in [-0.39, 0.29) is 0 Å². The zero-order valence-corrected chi connectivity index (χ0v) is 7.82. The van der Waals surface area contributed by atoms with Gasteiger partial charge in [0.05, 0.1) is 6.07 Å². The van der Waals surface area contributed by atoms with E-state index in [9.17, 15) is 4.79 Å². The molecule has 0 fully saturated rings. The first kappa shape index (κ1) is 11.7. The number of nitriles is 1. The lowest BCUT2D eigenvalue weighted by Gasteiger charge is -2.13. The van der Waals surface area contributed by atoms with E-state index in [0.717, 1.165) is 18.6 Å². The molecule has 0 aliphatic heterocycles. The van der Waals surface area contributed by atoms with Crippen LogP contribution in [0.5, 0.6) is 0 Å². The first-order valence-corrected chi connectivity index (χ1v) is 4.04. The molecule has 0 radical (unpaired) electrons. The van der Waals surface area contributed by atoms with Crippen molar-refractivity contribution in [1.29, 1.82) is 5.26 Å². The van der Waals surface area contributed by atoms with Gasteiger partial charge in [0.25, 0.3) is 0 Å². The number of carbonyl (C=O) groups is 1. The van der Waals surface area contributed by atoms with Crippen LogP contribution in [-0.4, -0.2) is 19.4 Å². The Hall–Kier alpha value is -1.34. The SMILES string of the molecule is CCCC(OC)OC(=O)C=CC#N. The van der Waals surface area contributed by atoms with Crippen LogP contribution in [0.25, 0.3) is 0 Å². The number of carbonyl (C=O) groups excluding carboxylic acids is 1. The summed E-state index contributed by atoms with van der Waals surface area (Å²) in [5.41, 5.74) is 0. The second-order valence-electron chi connectivity index (χ2n) is 2.35. The van der Waals surface area contributed by atoms with Crippen molar-refractivity contribution < 1.29 is 14.3 Å². The number of hydrogen-bond acceptors (Lipinski definition) is 4. The van der Waals surface area contributed by atoms with E-state index in [1.807, 2.05) is 6.92 Å². The van der Waals surface area contributed by atoms with Gasteiger partial charge in [-0.25, -0.2) is 4.79 Å². The third kappa shape index (κ3) is 5.88. The fourth-order valence-electron chi connectivity index (χ4n) is 0.735. The van der Waals surface area contributed by atoms with E-state index in [1.54, 1.807) is 6.07 Å². The van der Waals surface area contributed by atoms with E-state index >= 15 is 0 Å². The summed E-state index contributed by atoms with van der Waals surface area (Å²) in [5.74, 6) is -0.554. The van der Waals surface area contributed by atoms with Crippen molar-refractivity contribution >= 4 is 5.97 Å². The van der Waals surface area contributed by atoms with Crippen LogP contribution in [-0.2, 0) is 14.3 Å². The Kier molecular flexibility index (Phi) is 6.56. The summed E-state index contributed by atoms with van der Waals surface area (Å²) < 4.78 is 9.72. The summed E-state index contributed by atoms with van der Waals surface area (Å²) >= 11 is 0. The topological polar surface area (TPSA) is 59.3 Å². The molecule has 0 N–H and O–H groups in total. The highest BCUT2D eigenvalue weighted by Crippen LogP contribution is 2.03. The normalized spacial score (nSPS) is 12.4. The highest BCUT2D eigenvalue weighted by Gasteiger charge is 2.09. The van der Waals surface area contributed by atoms with Crippen LogP contribution in [0.3, 0.4) is 0 Å². The molecule has 0 amide bonds. The molecule has 0 aliphatic carbocycles. The van der Waals surface area contributed by atoms with Gasteiger partial charge < -0.3 is 9.47 Å². The number of nitrogens with zero attached hydrogens (tertiary/aromatic N) is 1. The van der Waals surface area contributed by atoms with Gasteiger partial charge in [-0.15, -0.1) is 0 Å².